The van der Waals surface area contributed by atoms with Crippen molar-refractivity contribution >= 4 is 23.5 Å². The van der Waals surface area contributed by atoms with Gasteiger partial charge in [0.25, 0.3) is 0 Å². The molecule has 1 heterocycles. The maximum atomic E-state index is 13.6. The Morgan fingerprint density at radius 1 is 0.722 bits per heavy atom. The van der Waals surface area contributed by atoms with Crippen LogP contribution in [-0.4, -0.2) is 146 Å². The van der Waals surface area contributed by atoms with Gasteiger partial charge in [0.2, 0.25) is 17.6 Å². The molecule has 2 aromatic carbocycles. The quantitative estimate of drug-likeness (QED) is 0.0244. The number of carbonyl (C=O) groups excluding carboxylic acids is 2. The third kappa shape index (κ3) is 17.2. The first-order valence-corrected chi connectivity index (χ1v) is 18.1. The predicted octanol–water partition coefficient (Wildman–Crippen LogP) is -1.19. The number of nitrogens with one attached hydrogen (secondary N) is 2. The lowest BCUT2D eigenvalue weighted by molar-refractivity contribution is -0.131. The van der Waals surface area contributed by atoms with Crippen LogP contribution in [0.1, 0.15) is 29.4 Å². The number of hydrogen-bond donors (Lipinski definition) is 6. The Hall–Kier alpha value is -4.98. The molecule has 0 fully saturated rings. The molecule has 1 aromatic heterocycles. The van der Waals surface area contributed by atoms with Crippen molar-refractivity contribution in [2.24, 2.45) is 33.1 Å². The van der Waals surface area contributed by atoms with Crippen molar-refractivity contribution in [2.45, 2.75) is 26.7 Å². The summed E-state index contributed by atoms with van der Waals surface area (Å²) in [5.74, 6) is 1.19. The van der Waals surface area contributed by atoms with Gasteiger partial charge in [-0.1, -0.05) is 48.5 Å². The van der Waals surface area contributed by atoms with E-state index in [0.29, 0.717) is 95.3 Å². The first kappa shape index (κ1) is 43.4. The van der Waals surface area contributed by atoms with Gasteiger partial charge in [0.15, 0.2) is 11.7 Å². The molecule has 3 rings (SSSR count). The van der Waals surface area contributed by atoms with E-state index in [1.54, 1.807) is 30.9 Å². The summed E-state index contributed by atoms with van der Waals surface area (Å²) in [7, 11) is 0. The van der Waals surface area contributed by atoms with Crippen molar-refractivity contribution in [1.82, 2.24) is 40.8 Å². The van der Waals surface area contributed by atoms with Crippen LogP contribution < -0.4 is 33.6 Å². The van der Waals surface area contributed by atoms with Crippen LogP contribution >= 0.6 is 0 Å². The number of ether oxygens (including phenoxy) is 2. The minimum atomic E-state index is -0.154. The monoisotopic (exact) mass is 748 g/mol. The summed E-state index contributed by atoms with van der Waals surface area (Å²) in [6.07, 6.45) is 0.355. The zero-order chi connectivity index (χ0) is 39.0. The van der Waals surface area contributed by atoms with Crippen molar-refractivity contribution in [3.8, 4) is 11.4 Å². The molecule has 3 aromatic rings. The van der Waals surface area contributed by atoms with Gasteiger partial charge in [-0.05, 0) is 25.0 Å². The lowest BCUT2D eigenvalue weighted by atomic mass is 10.1. The Bertz CT molecular complexity index is 1570. The minimum Gasteiger partial charge on any atom is -0.386 e. The van der Waals surface area contributed by atoms with E-state index in [2.05, 4.69) is 46.1 Å². The molecule has 18 heteroatoms. The van der Waals surface area contributed by atoms with Crippen LogP contribution in [0.4, 0.5) is 0 Å². The van der Waals surface area contributed by atoms with Gasteiger partial charge in [0, 0.05) is 76.6 Å². The van der Waals surface area contributed by atoms with Gasteiger partial charge in [-0.3, -0.25) is 14.5 Å². The molecule has 0 aliphatic carbocycles. The zero-order valence-corrected chi connectivity index (χ0v) is 31.5. The number of carbonyl (C=O) groups is 2. The maximum absolute atomic E-state index is 13.6. The molecule has 10 N–H and O–H groups in total. The highest BCUT2D eigenvalue weighted by Gasteiger charge is 2.15. The van der Waals surface area contributed by atoms with E-state index in [0.717, 1.165) is 36.3 Å². The third-order valence-corrected chi connectivity index (χ3v) is 7.92. The maximum Gasteiger partial charge on any atom is 0.227 e. The lowest BCUT2D eigenvalue weighted by Crippen LogP contribution is -2.44. The van der Waals surface area contributed by atoms with Crippen LogP contribution in [0.3, 0.4) is 0 Å². The second kappa shape index (κ2) is 25.1. The third-order valence-electron chi connectivity index (χ3n) is 7.92. The molecule has 0 saturated heterocycles. The molecule has 0 bridgehead atoms. The fraction of sp³-hybridized carbons (Fsp3) is 0.500. The van der Waals surface area contributed by atoms with Crippen molar-refractivity contribution in [1.29, 1.82) is 0 Å². The van der Waals surface area contributed by atoms with E-state index in [9.17, 15) is 9.59 Å². The molecule has 0 unspecified atom stereocenters. The molecule has 0 spiro atoms. The van der Waals surface area contributed by atoms with Crippen LogP contribution in [0.15, 0.2) is 58.7 Å². The number of benzene rings is 2. The second-order valence-corrected chi connectivity index (χ2v) is 12.4. The topological polar surface area (TPSA) is 263 Å². The molecule has 18 nitrogen and oxygen atoms in total. The largest absolute Gasteiger partial charge is 0.386 e. The normalized spacial score (nSPS) is 11.9. The van der Waals surface area contributed by atoms with Gasteiger partial charge in [-0.2, -0.15) is 0 Å². The standard InChI is InChI=1S/C36H56N14O4/c1-27(39)43-46-35(40)31-7-3-30(4-8-31)26-34(52)50(17-14-41-13-16-49(19-23-53-21-11-37)20-24-54-22-12-38)18-15-42-33(51)25-29-5-9-32(10-6-29)36-47-44-28(2)45-48-36/h3-10,41H,11-26,37-38H2,1-2H3,(H2,39,43)(H2,40,46)(H,42,51). The molecular weight excluding hydrogens is 692 g/mol. The van der Waals surface area contributed by atoms with E-state index < -0.39 is 0 Å². The minimum absolute atomic E-state index is 0.0718. The SMILES string of the molecule is C/C(N)=N/N=C(\N)c1ccc(CC(=O)N(CCNCCN(CCOCCN)CCOCCN)CCNC(=O)Cc2ccc(-c3nnc(C)nn3)cc2)cc1. The second-order valence-electron chi connectivity index (χ2n) is 12.4. The lowest BCUT2D eigenvalue weighted by Gasteiger charge is -2.25. The number of aryl methyl sites for hydroxylation is 1. The number of nitrogens with zero attached hydrogens (tertiary/aromatic N) is 8. The van der Waals surface area contributed by atoms with Gasteiger partial charge in [-0.25, -0.2) is 0 Å². The summed E-state index contributed by atoms with van der Waals surface area (Å²) in [5, 5.41) is 30.1. The average molecular weight is 749 g/mol. The summed E-state index contributed by atoms with van der Waals surface area (Å²) in [4.78, 5) is 30.5. The molecule has 0 saturated carbocycles. The molecule has 294 valence electrons. The summed E-state index contributed by atoms with van der Waals surface area (Å²) < 4.78 is 11.1. The first-order chi connectivity index (χ1) is 26.2. The molecule has 2 amide bonds. The first-order valence-electron chi connectivity index (χ1n) is 18.1. The summed E-state index contributed by atoms with van der Waals surface area (Å²) >= 11 is 0. The highest BCUT2D eigenvalue weighted by atomic mass is 16.5. The van der Waals surface area contributed by atoms with Gasteiger partial charge in [-0.15, -0.1) is 30.6 Å². The highest BCUT2D eigenvalue weighted by Crippen LogP contribution is 2.14. The Morgan fingerprint density at radius 3 is 1.91 bits per heavy atom. The number of aromatic nitrogens is 4. The van der Waals surface area contributed by atoms with Crippen molar-refractivity contribution in [2.75, 3.05) is 91.9 Å². The zero-order valence-electron chi connectivity index (χ0n) is 31.5. The van der Waals surface area contributed by atoms with Crippen LogP contribution in [-0.2, 0) is 31.9 Å². The van der Waals surface area contributed by atoms with E-state index >= 15 is 0 Å². The highest BCUT2D eigenvalue weighted by molar-refractivity contribution is 5.98. The number of nitrogens with two attached hydrogens (primary N) is 4. The van der Waals surface area contributed by atoms with E-state index in [1.807, 2.05) is 36.4 Å². The number of hydrogen-bond acceptors (Lipinski definition) is 14. The Kier molecular flexibility index (Phi) is 20.2. The van der Waals surface area contributed by atoms with Gasteiger partial charge < -0.3 is 47.9 Å². The van der Waals surface area contributed by atoms with E-state index in [1.165, 1.54) is 0 Å². The number of rotatable bonds is 26. The van der Waals surface area contributed by atoms with Gasteiger partial charge in [0.1, 0.15) is 5.84 Å². The summed E-state index contributed by atoms with van der Waals surface area (Å²) in [6.45, 7) is 11.1. The van der Waals surface area contributed by atoms with Gasteiger partial charge >= 0.3 is 0 Å². The number of amides is 2. The molecule has 0 atom stereocenters. The summed E-state index contributed by atoms with van der Waals surface area (Å²) in [6, 6.07) is 14.6. The molecule has 0 aliphatic rings. The number of amidine groups is 2. The van der Waals surface area contributed by atoms with E-state index in [4.69, 9.17) is 32.4 Å². The predicted molar refractivity (Wildman–Crippen MR) is 208 cm³/mol. The molecule has 54 heavy (non-hydrogen) atoms. The summed E-state index contributed by atoms with van der Waals surface area (Å²) in [5.41, 5.74) is 25.7. The Balaban J connectivity index is 1.56. The van der Waals surface area contributed by atoms with Crippen molar-refractivity contribution < 1.29 is 19.1 Å². The van der Waals surface area contributed by atoms with Crippen LogP contribution in [0.5, 0.6) is 0 Å². The molecule has 0 aliphatic heterocycles. The van der Waals surface area contributed by atoms with Crippen molar-refractivity contribution in [3.63, 3.8) is 0 Å². The van der Waals surface area contributed by atoms with E-state index in [-0.39, 0.29) is 30.5 Å². The van der Waals surface area contributed by atoms with Gasteiger partial charge in [0.05, 0.1) is 39.3 Å². The molecular formula is C36H56N14O4. The Labute approximate surface area is 317 Å². The van der Waals surface area contributed by atoms with Crippen molar-refractivity contribution in [3.05, 3.63) is 71.0 Å². The fourth-order valence-electron chi connectivity index (χ4n) is 5.05. The molecule has 0 radical (unpaired) electrons. The average Bonchev–Trinajstić information content (AvgIpc) is 3.17. The fourth-order valence-corrected chi connectivity index (χ4v) is 5.05. The van der Waals surface area contributed by atoms with Crippen LogP contribution in [0, 0.1) is 6.92 Å². The van der Waals surface area contributed by atoms with Crippen LogP contribution in [0.25, 0.3) is 11.4 Å². The Morgan fingerprint density at radius 2 is 1.30 bits per heavy atom. The van der Waals surface area contributed by atoms with Crippen LogP contribution in [0.2, 0.25) is 0 Å². The smallest absolute Gasteiger partial charge is 0.227 e.